The number of carboxylic acids is 1. The van der Waals surface area contributed by atoms with Crippen LogP contribution in [0.3, 0.4) is 0 Å². The molecule has 2 aromatic rings. The Labute approximate surface area is 197 Å². The zero-order valence-electron chi connectivity index (χ0n) is 17.2. The largest absolute Gasteiger partial charge is 0.481 e. The first-order valence-electron chi connectivity index (χ1n) is 9.96. The molecule has 0 aliphatic heterocycles. The van der Waals surface area contributed by atoms with Gasteiger partial charge in [0.1, 0.15) is 5.82 Å². The van der Waals surface area contributed by atoms with E-state index in [0.29, 0.717) is 23.0 Å². The lowest BCUT2D eigenvalue weighted by atomic mass is 9.82. The standard InChI is InChI=1S/C23H22BrFN2O4S/c1-13(21(28)27-20-10-9-14(24)11-19(20)25)32-16-6-4-5-15(12-16)26-22(29)17-7-2-3-8-18(17)23(30)31/h2-6,9-13,17-18H,7-8H2,1H3,(H,26,29)(H,27,28)(H,30,31). The smallest absolute Gasteiger partial charge is 0.307 e. The molecule has 0 bridgehead atoms. The summed E-state index contributed by atoms with van der Waals surface area (Å²) in [5.74, 6) is -3.61. The van der Waals surface area contributed by atoms with Gasteiger partial charge in [-0.05, 0) is 56.2 Å². The predicted molar refractivity (Wildman–Crippen MR) is 126 cm³/mol. The number of thioether (sulfide) groups is 1. The van der Waals surface area contributed by atoms with Crippen molar-refractivity contribution in [2.75, 3.05) is 10.6 Å². The number of aliphatic carboxylic acids is 1. The SMILES string of the molecule is CC(Sc1cccc(NC(=O)C2CC=CCC2C(=O)O)c1)C(=O)Nc1ccc(Br)cc1F. The number of rotatable bonds is 7. The van der Waals surface area contributed by atoms with Crippen molar-refractivity contribution in [2.45, 2.75) is 29.9 Å². The van der Waals surface area contributed by atoms with Crippen molar-refractivity contribution in [3.8, 4) is 0 Å². The summed E-state index contributed by atoms with van der Waals surface area (Å²) in [6.45, 7) is 1.70. The molecule has 3 N–H and O–H groups in total. The van der Waals surface area contributed by atoms with Gasteiger partial charge in [-0.3, -0.25) is 14.4 Å². The van der Waals surface area contributed by atoms with Crippen LogP contribution >= 0.6 is 27.7 Å². The minimum Gasteiger partial charge on any atom is -0.481 e. The lowest BCUT2D eigenvalue weighted by molar-refractivity contribution is -0.146. The number of carbonyl (C=O) groups is 3. The number of benzene rings is 2. The Morgan fingerprint density at radius 2 is 1.81 bits per heavy atom. The average Bonchev–Trinajstić information content (AvgIpc) is 2.75. The van der Waals surface area contributed by atoms with E-state index in [-0.39, 0.29) is 17.5 Å². The van der Waals surface area contributed by atoms with Gasteiger partial charge in [-0.25, -0.2) is 4.39 Å². The molecule has 2 aromatic carbocycles. The van der Waals surface area contributed by atoms with E-state index in [2.05, 4.69) is 26.6 Å². The zero-order chi connectivity index (χ0) is 23.3. The summed E-state index contributed by atoms with van der Waals surface area (Å²) in [7, 11) is 0. The van der Waals surface area contributed by atoms with E-state index in [9.17, 15) is 23.9 Å². The fourth-order valence-electron chi connectivity index (χ4n) is 3.34. The van der Waals surface area contributed by atoms with E-state index >= 15 is 0 Å². The van der Waals surface area contributed by atoms with Gasteiger partial charge < -0.3 is 15.7 Å². The summed E-state index contributed by atoms with van der Waals surface area (Å²) >= 11 is 4.44. The number of allylic oxidation sites excluding steroid dienone is 2. The highest BCUT2D eigenvalue weighted by atomic mass is 79.9. The first-order chi connectivity index (χ1) is 15.2. The highest BCUT2D eigenvalue weighted by molar-refractivity contribution is 9.10. The summed E-state index contributed by atoms with van der Waals surface area (Å²) in [6.07, 6.45) is 4.31. The topological polar surface area (TPSA) is 95.5 Å². The summed E-state index contributed by atoms with van der Waals surface area (Å²) in [4.78, 5) is 37.3. The molecule has 6 nitrogen and oxygen atoms in total. The number of carboxylic acid groups (broad SMARTS) is 1. The Morgan fingerprint density at radius 1 is 1.09 bits per heavy atom. The number of hydrogen-bond donors (Lipinski definition) is 3. The molecule has 0 spiro atoms. The van der Waals surface area contributed by atoms with Crippen LogP contribution in [-0.4, -0.2) is 28.1 Å². The average molecular weight is 521 g/mol. The van der Waals surface area contributed by atoms with Gasteiger partial charge in [0.15, 0.2) is 0 Å². The first-order valence-corrected chi connectivity index (χ1v) is 11.6. The Morgan fingerprint density at radius 3 is 2.50 bits per heavy atom. The zero-order valence-corrected chi connectivity index (χ0v) is 19.6. The second kappa shape index (κ2) is 10.8. The molecule has 1 aliphatic carbocycles. The van der Waals surface area contributed by atoms with Crippen molar-refractivity contribution >= 4 is 56.9 Å². The van der Waals surface area contributed by atoms with Gasteiger partial charge in [0, 0.05) is 15.1 Å². The Kier molecular flexibility index (Phi) is 8.09. The molecule has 9 heteroatoms. The fraction of sp³-hybridized carbons (Fsp3) is 0.261. The van der Waals surface area contributed by atoms with Crippen molar-refractivity contribution in [1.29, 1.82) is 0 Å². The van der Waals surface area contributed by atoms with Crippen molar-refractivity contribution < 1.29 is 23.9 Å². The molecule has 0 fully saturated rings. The molecule has 3 atom stereocenters. The molecule has 0 heterocycles. The first kappa shape index (κ1) is 24.0. The van der Waals surface area contributed by atoms with Crippen LogP contribution in [-0.2, 0) is 14.4 Å². The third kappa shape index (κ3) is 6.20. The van der Waals surface area contributed by atoms with Crippen LogP contribution in [0, 0.1) is 17.7 Å². The van der Waals surface area contributed by atoms with Gasteiger partial charge in [0.25, 0.3) is 0 Å². The maximum atomic E-state index is 14.0. The number of anilines is 2. The Balaban J connectivity index is 1.62. The van der Waals surface area contributed by atoms with Gasteiger partial charge in [0.2, 0.25) is 11.8 Å². The molecular weight excluding hydrogens is 499 g/mol. The summed E-state index contributed by atoms with van der Waals surface area (Å²) in [5, 5.41) is 14.2. The van der Waals surface area contributed by atoms with E-state index < -0.39 is 28.9 Å². The second-order valence-electron chi connectivity index (χ2n) is 7.38. The number of hydrogen-bond acceptors (Lipinski definition) is 4. The summed E-state index contributed by atoms with van der Waals surface area (Å²) < 4.78 is 14.6. The van der Waals surface area contributed by atoms with Crippen LogP contribution in [0.5, 0.6) is 0 Å². The van der Waals surface area contributed by atoms with Crippen molar-refractivity contribution in [1.82, 2.24) is 0 Å². The number of halogens is 2. The molecule has 1 aliphatic rings. The van der Waals surface area contributed by atoms with Gasteiger partial charge in [-0.15, -0.1) is 11.8 Å². The fourth-order valence-corrected chi connectivity index (χ4v) is 4.60. The third-order valence-electron chi connectivity index (χ3n) is 5.06. The van der Waals surface area contributed by atoms with Crippen LogP contribution < -0.4 is 10.6 Å². The van der Waals surface area contributed by atoms with Gasteiger partial charge in [-0.2, -0.15) is 0 Å². The summed E-state index contributed by atoms with van der Waals surface area (Å²) in [6, 6.07) is 11.4. The van der Waals surface area contributed by atoms with Crippen molar-refractivity contribution in [2.24, 2.45) is 11.8 Å². The Bertz CT molecular complexity index is 1060. The Hall–Kier alpha value is -2.65. The van der Waals surface area contributed by atoms with E-state index in [1.165, 1.54) is 23.9 Å². The maximum absolute atomic E-state index is 14.0. The number of amides is 2. The lowest BCUT2D eigenvalue weighted by Crippen LogP contribution is -2.34. The number of nitrogens with one attached hydrogen (secondary N) is 2. The van der Waals surface area contributed by atoms with Crippen LogP contribution in [0.2, 0.25) is 0 Å². The van der Waals surface area contributed by atoms with Crippen molar-refractivity contribution in [3.63, 3.8) is 0 Å². The summed E-state index contributed by atoms with van der Waals surface area (Å²) in [5.41, 5.74) is 0.617. The van der Waals surface area contributed by atoms with E-state index in [1.54, 1.807) is 43.3 Å². The van der Waals surface area contributed by atoms with Crippen LogP contribution in [0.25, 0.3) is 0 Å². The molecule has 0 saturated heterocycles. The molecule has 168 valence electrons. The van der Waals surface area contributed by atoms with E-state index in [4.69, 9.17) is 0 Å². The minimum atomic E-state index is -0.985. The van der Waals surface area contributed by atoms with Crippen molar-refractivity contribution in [3.05, 3.63) is 64.9 Å². The highest BCUT2D eigenvalue weighted by Crippen LogP contribution is 2.30. The number of carbonyl (C=O) groups excluding carboxylic acids is 2. The quantitative estimate of drug-likeness (QED) is 0.339. The molecule has 3 rings (SSSR count). The molecular formula is C23H22BrFN2O4S. The minimum absolute atomic E-state index is 0.0983. The highest BCUT2D eigenvalue weighted by Gasteiger charge is 2.34. The van der Waals surface area contributed by atoms with Crippen LogP contribution in [0.4, 0.5) is 15.8 Å². The maximum Gasteiger partial charge on any atom is 0.307 e. The molecule has 3 unspecified atom stereocenters. The monoisotopic (exact) mass is 520 g/mol. The van der Waals surface area contributed by atoms with Crippen LogP contribution in [0.15, 0.2) is 64.0 Å². The van der Waals surface area contributed by atoms with Gasteiger partial charge in [0.05, 0.1) is 22.8 Å². The molecule has 0 aromatic heterocycles. The van der Waals surface area contributed by atoms with Crippen LogP contribution in [0.1, 0.15) is 19.8 Å². The molecule has 32 heavy (non-hydrogen) atoms. The van der Waals surface area contributed by atoms with E-state index in [1.807, 2.05) is 6.08 Å². The molecule has 2 amide bonds. The second-order valence-corrected chi connectivity index (χ2v) is 9.71. The third-order valence-corrected chi connectivity index (χ3v) is 6.65. The molecule has 0 radical (unpaired) electrons. The predicted octanol–water partition coefficient (Wildman–Crippen LogP) is 5.31. The van der Waals surface area contributed by atoms with Gasteiger partial charge >= 0.3 is 5.97 Å². The molecule has 0 saturated carbocycles. The van der Waals surface area contributed by atoms with E-state index in [0.717, 1.165) is 4.90 Å². The lowest BCUT2D eigenvalue weighted by Gasteiger charge is -2.24. The normalized spacial score (nSPS) is 18.6. The van der Waals surface area contributed by atoms with Gasteiger partial charge in [-0.1, -0.05) is 34.1 Å².